The average Bonchev–Trinajstić information content (AvgIpc) is 3.14. The summed E-state index contributed by atoms with van der Waals surface area (Å²) >= 11 is 2.31. The molecule has 3 aromatic rings. The summed E-state index contributed by atoms with van der Waals surface area (Å²) in [4.78, 5) is 34.5. The van der Waals surface area contributed by atoms with E-state index in [0.717, 1.165) is 22.6 Å². The molecular weight excluding hydrogens is 414 g/mol. The number of nitro groups is 1. The molecule has 29 heavy (non-hydrogen) atoms. The Hall–Kier alpha value is -3.31. The lowest BCUT2D eigenvalue weighted by Crippen LogP contribution is -2.13. The smallest absolute Gasteiger partial charge is 0.270 e. The summed E-state index contributed by atoms with van der Waals surface area (Å²) in [5, 5.41) is 24.2. The van der Waals surface area contributed by atoms with Crippen LogP contribution in [-0.2, 0) is 4.79 Å². The Morgan fingerprint density at radius 3 is 2.69 bits per heavy atom. The number of thioether (sulfide) groups is 1. The Labute approximate surface area is 173 Å². The van der Waals surface area contributed by atoms with Crippen LogP contribution in [0.4, 0.5) is 16.5 Å². The number of anilines is 2. The summed E-state index contributed by atoms with van der Waals surface area (Å²) in [6.07, 6.45) is 0. The molecule has 148 valence electrons. The molecule has 0 radical (unpaired) electrons. The van der Waals surface area contributed by atoms with Crippen molar-refractivity contribution in [3.8, 4) is 0 Å². The van der Waals surface area contributed by atoms with Gasteiger partial charge in [0, 0.05) is 23.4 Å². The molecule has 2 N–H and O–H groups in total. The van der Waals surface area contributed by atoms with E-state index in [4.69, 9.17) is 0 Å². The van der Waals surface area contributed by atoms with Crippen LogP contribution in [0.3, 0.4) is 0 Å². The lowest BCUT2D eigenvalue weighted by molar-refractivity contribution is -0.384. The summed E-state index contributed by atoms with van der Waals surface area (Å²) < 4.78 is 0.513. The Morgan fingerprint density at radius 1 is 1.14 bits per heavy atom. The molecule has 0 saturated carbocycles. The van der Waals surface area contributed by atoms with Gasteiger partial charge >= 0.3 is 0 Å². The van der Waals surface area contributed by atoms with Gasteiger partial charge in [-0.05, 0) is 30.7 Å². The fourth-order valence-corrected chi connectivity index (χ4v) is 3.84. The number of amides is 2. The maximum absolute atomic E-state index is 12.2. The van der Waals surface area contributed by atoms with E-state index < -0.39 is 10.8 Å². The first kappa shape index (κ1) is 20.4. The number of aromatic nitrogens is 2. The summed E-state index contributed by atoms with van der Waals surface area (Å²) in [7, 11) is 0. The second-order valence-corrected chi connectivity index (χ2v) is 8.04. The average molecular weight is 429 g/mol. The van der Waals surface area contributed by atoms with Crippen LogP contribution >= 0.6 is 23.1 Å². The molecule has 11 heteroatoms. The normalized spacial score (nSPS) is 10.4. The minimum Gasteiger partial charge on any atom is -0.325 e. The molecule has 0 bridgehead atoms. The third-order valence-electron chi connectivity index (χ3n) is 3.57. The topological polar surface area (TPSA) is 127 Å². The molecule has 0 atom stereocenters. The molecule has 0 unspecified atom stereocenters. The van der Waals surface area contributed by atoms with Gasteiger partial charge in [0.2, 0.25) is 11.0 Å². The molecular formula is C18H15N5O4S2. The number of rotatable bonds is 7. The van der Waals surface area contributed by atoms with Crippen molar-refractivity contribution in [2.45, 2.75) is 11.3 Å². The standard InChI is InChI=1S/C18H15N5O4S2/c1-11-4-2-6-13(8-11)19-15(24)10-28-18-22-21-17(29-18)20-16(25)12-5-3-7-14(9-12)23(26)27/h2-9H,10H2,1H3,(H,19,24)(H,20,21,25). The number of benzene rings is 2. The van der Waals surface area contributed by atoms with Crippen LogP contribution in [0.5, 0.6) is 0 Å². The van der Waals surface area contributed by atoms with Gasteiger partial charge in [-0.15, -0.1) is 10.2 Å². The fraction of sp³-hybridized carbons (Fsp3) is 0.111. The zero-order chi connectivity index (χ0) is 20.8. The molecule has 9 nitrogen and oxygen atoms in total. The van der Waals surface area contributed by atoms with Crippen molar-refractivity contribution in [2.24, 2.45) is 0 Å². The highest BCUT2D eigenvalue weighted by Crippen LogP contribution is 2.26. The van der Waals surface area contributed by atoms with Crippen LogP contribution < -0.4 is 10.6 Å². The van der Waals surface area contributed by atoms with E-state index in [-0.39, 0.29) is 28.0 Å². The lowest BCUT2D eigenvalue weighted by atomic mass is 10.2. The fourth-order valence-electron chi connectivity index (χ4n) is 2.30. The molecule has 0 aliphatic heterocycles. The van der Waals surface area contributed by atoms with E-state index in [1.807, 2.05) is 31.2 Å². The monoisotopic (exact) mass is 429 g/mol. The zero-order valence-electron chi connectivity index (χ0n) is 15.1. The number of carbonyl (C=O) groups is 2. The molecule has 0 aliphatic carbocycles. The van der Waals surface area contributed by atoms with Gasteiger partial charge in [0.1, 0.15) is 0 Å². The highest BCUT2D eigenvalue weighted by atomic mass is 32.2. The lowest BCUT2D eigenvalue weighted by Gasteiger charge is -2.04. The summed E-state index contributed by atoms with van der Waals surface area (Å²) in [5.41, 5.74) is 1.73. The molecule has 1 aromatic heterocycles. The van der Waals surface area contributed by atoms with Gasteiger partial charge in [-0.1, -0.05) is 41.3 Å². The van der Waals surface area contributed by atoms with Crippen LogP contribution in [0.15, 0.2) is 52.9 Å². The largest absolute Gasteiger partial charge is 0.325 e. The Kier molecular flexibility index (Phi) is 6.52. The second kappa shape index (κ2) is 9.26. The predicted molar refractivity (Wildman–Crippen MR) is 111 cm³/mol. The van der Waals surface area contributed by atoms with Crippen LogP contribution in [0.1, 0.15) is 15.9 Å². The third-order valence-corrected chi connectivity index (χ3v) is 5.55. The van der Waals surface area contributed by atoms with Gasteiger partial charge in [0.25, 0.3) is 11.6 Å². The molecule has 2 aromatic carbocycles. The van der Waals surface area contributed by atoms with Crippen LogP contribution in [0, 0.1) is 17.0 Å². The minimum atomic E-state index is -0.571. The highest BCUT2D eigenvalue weighted by Gasteiger charge is 2.14. The Balaban J connectivity index is 1.54. The SMILES string of the molecule is Cc1cccc(NC(=O)CSc2nnc(NC(=O)c3cccc([N+](=O)[O-])c3)s2)c1. The number of hydrogen-bond donors (Lipinski definition) is 2. The zero-order valence-corrected chi connectivity index (χ0v) is 16.8. The quantitative estimate of drug-likeness (QED) is 0.253. The number of aryl methyl sites for hydroxylation is 1. The second-order valence-electron chi connectivity index (χ2n) is 5.84. The number of nitrogens with zero attached hydrogens (tertiary/aromatic N) is 3. The van der Waals surface area contributed by atoms with Crippen molar-refractivity contribution in [3.05, 3.63) is 69.8 Å². The number of non-ortho nitro benzene ring substituents is 1. The van der Waals surface area contributed by atoms with E-state index in [0.29, 0.717) is 4.34 Å². The minimum absolute atomic E-state index is 0.140. The van der Waals surface area contributed by atoms with Gasteiger partial charge in [0.05, 0.1) is 10.7 Å². The summed E-state index contributed by atoms with van der Waals surface area (Å²) in [5.74, 6) is -0.571. The maximum Gasteiger partial charge on any atom is 0.270 e. The van der Waals surface area contributed by atoms with Crippen molar-refractivity contribution >= 4 is 51.4 Å². The first-order valence-corrected chi connectivity index (χ1v) is 10.1. The van der Waals surface area contributed by atoms with Crippen molar-refractivity contribution < 1.29 is 14.5 Å². The first-order chi connectivity index (χ1) is 13.9. The van der Waals surface area contributed by atoms with Gasteiger partial charge in [0.15, 0.2) is 4.34 Å². The van der Waals surface area contributed by atoms with E-state index in [1.165, 1.54) is 36.0 Å². The van der Waals surface area contributed by atoms with E-state index >= 15 is 0 Å². The van der Waals surface area contributed by atoms with Crippen LogP contribution in [-0.4, -0.2) is 32.7 Å². The first-order valence-electron chi connectivity index (χ1n) is 8.29. The number of nitrogens with one attached hydrogen (secondary N) is 2. The van der Waals surface area contributed by atoms with Crippen molar-refractivity contribution in [2.75, 3.05) is 16.4 Å². The molecule has 0 saturated heterocycles. The molecule has 0 spiro atoms. The van der Waals surface area contributed by atoms with Crippen LogP contribution in [0.25, 0.3) is 0 Å². The maximum atomic E-state index is 12.2. The predicted octanol–water partition coefficient (Wildman–Crippen LogP) is 3.74. The molecule has 0 aliphatic rings. The van der Waals surface area contributed by atoms with Crippen molar-refractivity contribution in [1.29, 1.82) is 0 Å². The van der Waals surface area contributed by atoms with E-state index in [9.17, 15) is 19.7 Å². The third kappa shape index (κ3) is 5.83. The molecule has 1 heterocycles. The van der Waals surface area contributed by atoms with Gasteiger partial charge in [-0.2, -0.15) is 0 Å². The number of carbonyl (C=O) groups excluding carboxylic acids is 2. The Bertz CT molecular complexity index is 1070. The van der Waals surface area contributed by atoms with E-state index in [2.05, 4.69) is 20.8 Å². The highest BCUT2D eigenvalue weighted by molar-refractivity contribution is 8.01. The van der Waals surface area contributed by atoms with Gasteiger partial charge in [-0.25, -0.2) is 0 Å². The molecule has 2 amide bonds. The Morgan fingerprint density at radius 2 is 1.93 bits per heavy atom. The number of hydrogen-bond acceptors (Lipinski definition) is 8. The molecule has 3 rings (SSSR count). The molecule has 0 fully saturated rings. The van der Waals surface area contributed by atoms with Gasteiger partial charge in [-0.3, -0.25) is 25.0 Å². The van der Waals surface area contributed by atoms with E-state index in [1.54, 1.807) is 0 Å². The van der Waals surface area contributed by atoms with Gasteiger partial charge < -0.3 is 5.32 Å². The van der Waals surface area contributed by atoms with Crippen molar-refractivity contribution in [3.63, 3.8) is 0 Å². The van der Waals surface area contributed by atoms with Crippen molar-refractivity contribution in [1.82, 2.24) is 10.2 Å². The number of nitro benzene ring substituents is 1. The summed E-state index contributed by atoms with van der Waals surface area (Å²) in [6.45, 7) is 1.94. The van der Waals surface area contributed by atoms with Crippen LogP contribution in [0.2, 0.25) is 0 Å². The summed E-state index contributed by atoms with van der Waals surface area (Å²) in [6, 6.07) is 12.9.